The molecule has 7 heteroatoms. The second-order valence-electron chi connectivity index (χ2n) is 6.11. The molecule has 128 valence electrons. The van der Waals surface area contributed by atoms with E-state index < -0.39 is 0 Å². The predicted octanol–water partition coefficient (Wildman–Crippen LogP) is 2.39. The lowest BCUT2D eigenvalue weighted by Gasteiger charge is -2.29. The topological polar surface area (TPSA) is 72.7 Å². The Bertz CT molecular complexity index is 642. The monoisotopic (exact) mass is 345 g/mol. The highest BCUT2D eigenvalue weighted by molar-refractivity contribution is 7.99. The molecule has 1 aromatic carbocycles. The van der Waals surface area contributed by atoms with E-state index in [-0.39, 0.29) is 5.91 Å². The third kappa shape index (κ3) is 4.56. The Kier molecular flexibility index (Phi) is 5.85. The predicted molar refractivity (Wildman–Crippen MR) is 95.2 cm³/mol. The summed E-state index contributed by atoms with van der Waals surface area (Å²) in [7, 11) is 0. The van der Waals surface area contributed by atoms with Crippen LogP contribution in [0.3, 0.4) is 0 Å². The van der Waals surface area contributed by atoms with E-state index in [0.29, 0.717) is 17.7 Å². The minimum absolute atomic E-state index is 0.109. The summed E-state index contributed by atoms with van der Waals surface area (Å²) in [6.45, 7) is 2.20. The van der Waals surface area contributed by atoms with Crippen molar-refractivity contribution in [1.82, 2.24) is 25.5 Å². The first-order valence-electron chi connectivity index (χ1n) is 8.48. The van der Waals surface area contributed by atoms with Gasteiger partial charge in [0.2, 0.25) is 5.91 Å². The summed E-state index contributed by atoms with van der Waals surface area (Å²) in [5.41, 5.74) is 1.88. The van der Waals surface area contributed by atoms with Crippen molar-refractivity contribution in [3.05, 3.63) is 36.2 Å². The Labute approximate surface area is 146 Å². The number of tetrazole rings is 1. The molecule has 1 amide bonds. The number of thioether (sulfide) groups is 1. The lowest BCUT2D eigenvalue weighted by Crippen LogP contribution is -2.39. The lowest BCUT2D eigenvalue weighted by atomic mass is 9.94. The molecule has 3 rings (SSSR count). The molecule has 0 unspecified atom stereocenters. The summed E-state index contributed by atoms with van der Waals surface area (Å²) in [6, 6.07) is 8.08. The summed E-state index contributed by atoms with van der Waals surface area (Å²) in [6.07, 6.45) is 6.66. The zero-order chi connectivity index (χ0) is 16.8. The molecule has 1 aliphatic rings. The minimum Gasteiger partial charge on any atom is -0.353 e. The van der Waals surface area contributed by atoms with Crippen molar-refractivity contribution in [3.63, 3.8) is 0 Å². The molecule has 1 aliphatic carbocycles. The van der Waals surface area contributed by atoms with Crippen molar-refractivity contribution in [2.75, 3.05) is 5.75 Å². The van der Waals surface area contributed by atoms with Crippen LogP contribution in [0.5, 0.6) is 0 Å². The van der Waals surface area contributed by atoms with E-state index in [4.69, 9.17) is 0 Å². The number of nitrogens with one attached hydrogen (secondary N) is 1. The molecule has 0 bridgehead atoms. The zero-order valence-electron chi connectivity index (χ0n) is 13.9. The second kappa shape index (κ2) is 8.28. The number of nitrogens with zero attached hydrogens (tertiary/aromatic N) is 4. The Morgan fingerprint density at radius 3 is 2.88 bits per heavy atom. The summed E-state index contributed by atoms with van der Waals surface area (Å²) in [5, 5.41) is 15.0. The zero-order valence-corrected chi connectivity index (χ0v) is 14.7. The van der Waals surface area contributed by atoms with Crippen molar-refractivity contribution in [2.45, 2.75) is 50.3 Å². The fraction of sp³-hybridized carbons (Fsp3) is 0.529. The SMILES string of the molecule is CCS[C@H]1CCC[C@H](NC(=O)Cc2ccc(-n3cnnn3)cc2)C1. The maximum atomic E-state index is 12.3. The summed E-state index contributed by atoms with van der Waals surface area (Å²) in [4.78, 5) is 12.3. The fourth-order valence-electron chi connectivity index (χ4n) is 3.17. The van der Waals surface area contributed by atoms with Gasteiger partial charge in [-0.25, -0.2) is 4.68 Å². The third-order valence-electron chi connectivity index (χ3n) is 4.31. The number of amides is 1. The molecule has 1 saturated carbocycles. The molecule has 1 N–H and O–H groups in total. The van der Waals surface area contributed by atoms with Crippen molar-refractivity contribution in [2.24, 2.45) is 0 Å². The van der Waals surface area contributed by atoms with E-state index in [1.807, 2.05) is 36.0 Å². The van der Waals surface area contributed by atoms with Gasteiger partial charge >= 0.3 is 0 Å². The summed E-state index contributed by atoms with van der Waals surface area (Å²) >= 11 is 2.02. The Morgan fingerprint density at radius 1 is 1.33 bits per heavy atom. The number of benzene rings is 1. The molecule has 0 saturated heterocycles. The van der Waals surface area contributed by atoms with Gasteiger partial charge in [0.1, 0.15) is 6.33 Å². The van der Waals surface area contributed by atoms with Crippen molar-refractivity contribution in [1.29, 1.82) is 0 Å². The van der Waals surface area contributed by atoms with E-state index >= 15 is 0 Å². The Morgan fingerprint density at radius 2 is 2.17 bits per heavy atom. The van der Waals surface area contributed by atoms with E-state index in [2.05, 4.69) is 27.8 Å². The van der Waals surface area contributed by atoms with Crippen LogP contribution in [0.1, 0.15) is 38.2 Å². The van der Waals surface area contributed by atoms with Crippen LogP contribution in [0.2, 0.25) is 0 Å². The van der Waals surface area contributed by atoms with Gasteiger partial charge in [0.05, 0.1) is 12.1 Å². The highest BCUT2D eigenvalue weighted by Crippen LogP contribution is 2.28. The van der Waals surface area contributed by atoms with E-state index in [9.17, 15) is 4.79 Å². The number of carbonyl (C=O) groups is 1. The lowest BCUT2D eigenvalue weighted by molar-refractivity contribution is -0.121. The molecule has 1 heterocycles. The maximum Gasteiger partial charge on any atom is 0.224 e. The average molecular weight is 345 g/mol. The molecule has 0 aliphatic heterocycles. The molecule has 0 spiro atoms. The summed E-state index contributed by atoms with van der Waals surface area (Å²) < 4.78 is 1.59. The molecule has 1 fully saturated rings. The van der Waals surface area contributed by atoms with E-state index in [1.165, 1.54) is 12.8 Å². The van der Waals surface area contributed by atoms with Crippen LogP contribution >= 0.6 is 11.8 Å². The van der Waals surface area contributed by atoms with Gasteiger partial charge < -0.3 is 5.32 Å². The summed E-state index contributed by atoms with van der Waals surface area (Å²) in [5.74, 6) is 1.26. The normalized spacial score (nSPS) is 20.7. The highest BCUT2D eigenvalue weighted by Gasteiger charge is 2.23. The molecule has 2 atom stereocenters. The third-order valence-corrected chi connectivity index (χ3v) is 5.54. The first kappa shape index (κ1) is 17.0. The molecule has 24 heavy (non-hydrogen) atoms. The Hall–Kier alpha value is -1.89. The van der Waals surface area contributed by atoms with Gasteiger partial charge in [-0.05, 0) is 53.1 Å². The first-order valence-corrected chi connectivity index (χ1v) is 9.52. The van der Waals surface area contributed by atoms with E-state index in [1.54, 1.807) is 11.0 Å². The maximum absolute atomic E-state index is 12.3. The average Bonchev–Trinajstić information content (AvgIpc) is 3.10. The standard InChI is InChI=1S/C17H23N5OS/c1-2-24-16-5-3-4-14(11-16)19-17(23)10-13-6-8-15(9-7-13)22-12-18-20-21-22/h6-9,12,14,16H,2-5,10-11H2,1H3,(H,19,23)/t14-,16-/m0/s1. The van der Waals surface area contributed by atoms with Crippen molar-refractivity contribution in [3.8, 4) is 5.69 Å². The number of aromatic nitrogens is 4. The number of hydrogen-bond donors (Lipinski definition) is 1. The van der Waals surface area contributed by atoms with Gasteiger partial charge in [-0.1, -0.05) is 25.5 Å². The van der Waals surface area contributed by atoms with Crippen LogP contribution in [-0.4, -0.2) is 43.2 Å². The van der Waals surface area contributed by atoms with Crippen LogP contribution < -0.4 is 5.32 Å². The molecule has 1 aromatic heterocycles. The van der Waals surface area contributed by atoms with Crippen LogP contribution in [0.15, 0.2) is 30.6 Å². The molecule has 6 nitrogen and oxygen atoms in total. The van der Waals surface area contributed by atoms with E-state index in [0.717, 1.165) is 29.8 Å². The smallest absolute Gasteiger partial charge is 0.224 e. The quantitative estimate of drug-likeness (QED) is 0.870. The van der Waals surface area contributed by atoms with Gasteiger partial charge in [-0.2, -0.15) is 11.8 Å². The van der Waals surface area contributed by atoms with Crippen LogP contribution in [-0.2, 0) is 11.2 Å². The van der Waals surface area contributed by atoms with Crippen LogP contribution in [0, 0.1) is 0 Å². The van der Waals surface area contributed by atoms with Gasteiger partial charge in [0.15, 0.2) is 0 Å². The molecule has 0 radical (unpaired) electrons. The van der Waals surface area contributed by atoms with Crippen molar-refractivity contribution < 1.29 is 4.79 Å². The first-order chi connectivity index (χ1) is 11.7. The largest absolute Gasteiger partial charge is 0.353 e. The fourth-order valence-corrected chi connectivity index (χ4v) is 4.35. The van der Waals surface area contributed by atoms with Gasteiger partial charge in [-0.3, -0.25) is 4.79 Å². The van der Waals surface area contributed by atoms with Crippen LogP contribution in [0.25, 0.3) is 5.69 Å². The van der Waals surface area contributed by atoms with Gasteiger partial charge in [0, 0.05) is 11.3 Å². The van der Waals surface area contributed by atoms with Gasteiger partial charge in [0.25, 0.3) is 0 Å². The van der Waals surface area contributed by atoms with Gasteiger partial charge in [-0.15, -0.1) is 5.10 Å². The molecule has 2 aromatic rings. The Balaban J connectivity index is 1.51. The minimum atomic E-state index is 0.109. The number of rotatable bonds is 6. The molecular formula is C17H23N5OS. The number of hydrogen-bond acceptors (Lipinski definition) is 5. The van der Waals surface area contributed by atoms with Crippen LogP contribution in [0.4, 0.5) is 0 Å². The highest BCUT2D eigenvalue weighted by atomic mass is 32.2. The number of carbonyl (C=O) groups excluding carboxylic acids is 1. The van der Waals surface area contributed by atoms with Crippen molar-refractivity contribution >= 4 is 17.7 Å². The molecular weight excluding hydrogens is 322 g/mol. The second-order valence-corrected chi connectivity index (χ2v) is 7.68.